The van der Waals surface area contributed by atoms with E-state index in [0.717, 1.165) is 43.2 Å². The molecule has 1 aliphatic carbocycles. The largest absolute Gasteiger partial charge is 0.355 e. The van der Waals surface area contributed by atoms with Crippen LogP contribution < -0.4 is 4.90 Å². The quantitative estimate of drug-likeness (QED) is 0.827. The highest BCUT2D eigenvalue weighted by Crippen LogP contribution is 2.31. The molecule has 106 valence electrons. The molecule has 1 aromatic rings. The molecule has 2 aliphatic rings. The molecule has 1 aromatic heterocycles. The van der Waals surface area contributed by atoms with Crippen LogP contribution in [-0.2, 0) is 12.8 Å². The molecule has 0 spiro atoms. The average molecular weight is 269 g/mol. The first-order chi connectivity index (χ1) is 9.69. The summed E-state index contributed by atoms with van der Waals surface area (Å²) in [6.07, 6.45) is 5.86. The van der Waals surface area contributed by atoms with Gasteiger partial charge in [-0.15, -0.1) is 0 Å². The van der Waals surface area contributed by atoms with Gasteiger partial charge in [0.15, 0.2) is 0 Å². The van der Waals surface area contributed by atoms with Gasteiger partial charge in [0.05, 0.1) is 5.56 Å². The van der Waals surface area contributed by atoms with Crippen molar-refractivity contribution in [1.29, 1.82) is 5.26 Å². The summed E-state index contributed by atoms with van der Waals surface area (Å²) < 4.78 is 0. The van der Waals surface area contributed by atoms with Crippen LogP contribution >= 0.6 is 0 Å². The summed E-state index contributed by atoms with van der Waals surface area (Å²) in [6.45, 7) is 6.68. The normalized spacial score (nSPS) is 21.9. The highest BCUT2D eigenvalue weighted by molar-refractivity contribution is 5.57. The number of aromatic nitrogens is 1. The first kappa shape index (κ1) is 13.4. The molecule has 0 radical (unpaired) electrons. The summed E-state index contributed by atoms with van der Waals surface area (Å²) in [6, 6.07) is 4.46. The van der Waals surface area contributed by atoms with Crippen LogP contribution in [-0.4, -0.2) is 18.1 Å². The molecule has 3 nitrogen and oxygen atoms in total. The molecule has 20 heavy (non-hydrogen) atoms. The Bertz CT molecular complexity index is 542. The Labute approximate surface area is 121 Å². The van der Waals surface area contributed by atoms with Crippen LogP contribution in [0.2, 0.25) is 0 Å². The Morgan fingerprint density at radius 1 is 1.35 bits per heavy atom. The fourth-order valence-electron chi connectivity index (χ4n) is 3.47. The lowest BCUT2D eigenvalue weighted by Gasteiger charge is -2.23. The van der Waals surface area contributed by atoms with Crippen molar-refractivity contribution in [2.45, 2.75) is 46.0 Å². The van der Waals surface area contributed by atoms with E-state index in [2.05, 4.69) is 30.9 Å². The van der Waals surface area contributed by atoms with Crippen molar-refractivity contribution in [2.75, 3.05) is 18.0 Å². The van der Waals surface area contributed by atoms with E-state index in [4.69, 9.17) is 4.98 Å². The van der Waals surface area contributed by atoms with Crippen LogP contribution in [0.4, 0.5) is 5.82 Å². The molecule has 1 fully saturated rings. The minimum atomic E-state index is 0.711. The lowest BCUT2D eigenvalue weighted by Crippen LogP contribution is -2.24. The highest BCUT2D eigenvalue weighted by Gasteiger charge is 2.28. The molecule has 0 amide bonds. The number of nitrogens with zero attached hydrogens (tertiary/aromatic N) is 3. The molecule has 3 heteroatoms. The van der Waals surface area contributed by atoms with Crippen molar-refractivity contribution in [1.82, 2.24) is 4.98 Å². The van der Waals surface area contributed by atoms with E-state index in [0.29, 0.717) is 5.92 Å². The van der Waals surface area contributed by atoms with Crippen LogP contribution in [0.25, 0.3) is 0 Å². The van der Waals surface area contributed by atoms with Crippen molar-refractivity contribution in [2.24, 2.45) is 11.8 Å². The molecule has 1 unspecified atom stereocenters. The minimum absolute atomic E-state index is 0.711. The molecule has 1 atom stereocenters. The summed E-state index contributed by atoms with van der Waals surface area (Å²) in [5, 5.41) is 9.44. The molecule has 0 bridgehead atoms. The number of nitriles is 1. The fourth-order valence-corrected chi connectivity index (χ4v) is 3.47. The van der Waals surface area contributed by atoms with Gasteiger partial charge in [-0.25, -0.2) is 4.98 Å². The maximum atomic E-state index is 9.44. The van der Waals surface area contributed by atoms with Gasteiger partial charge in [0, 0.05) is 18.8 Å². The first-order valence-corrected chi connectivity index (χ1v) is 7.87. The molecule has 0 N–H and O–H groups in total. The lowest BCUT2D eigenvalue weighted by molar-refractivity contribution is 0.422. The zero-order chi connectivity index (χ0) is 14.1. The van der Waals surface area contributed by atoms with E-state index in [1.54, 1.807) is 0 Å². The zero-order valence-electron chi connectivity index (χ0n) is 12.5. The van der Waals surface area contributed by atoms with Crippen LogP contribution in [0.3, 0.4) is 0 Å². The molecule has 3 rings (SSSR count). The van der Waals surface area contributed by atoms with Crippen LogP contribution in [0.5, 0.6) is 0 Å². The van der Waals surface area contributed by atoms with Gasteiger partial charge in [0.1, 0.15) is 11.9 Å². The molecular weight excluding hydrogens is 246 g/mol. The van der Waals surface area contributed by atoms with E-state index >= 15 is 0 Å². The third-order valence-corrected chi connectivity index (χ3v) is 4.87. The van der Waals surface area contributed by atoms with Crippen molar-refractivity contribution < 1.29 is 0 Å². The predicted octanol–water partition coefficient (Wildman–Crippen LogP) is 3.31. The highest BCUT2D eigenvalue weighted by atomic mass is 15.2. The maximum Gasteiger partial charge on any atom is 0.146 e. The molecule has 1 aliphatic heterocycles. The Hall–Kier alpha value is -1.56. The van der Waals surface area contributed by atoms with Gasteiger partial charge in [0.25, 0.3) is 0 Å². The monoisotopic (exact) mass is 269 g/mol. The second kappa shape index (κ2) is 5.44. The third kappa shape index (κ3) is 2.40. The minimum Gasteiger partial charge on any atom is -0.355 e. The zero-order valence-corrected chi connectivity index (χ0v) is 12.5. The number of hydrogen-bond acceptors (Lipinski definition) is 3. The van der Waals surface area contributed by atoms with Gasteiger partial charge >= 0.3 is 0 Å². The second-order valence-corrected chi connectivity index (χ2v) is 6.52. The molecule has 0 aromatic carbocycles. The van der Waals surface area contributed by atoms with Crippen molar-refractivity contribution in [3.8, 4) is 6.07 Å². The van der Waals surface area contributed by atoms with E-state index in [-0.39, 0.29) is 0 Å². The smallest absolute Gasteiger partial charge is 0.146 e. The third-order valence-electron chi connectivity index (χ3n) is 4.87. The van der Waals surface area contributed by atoms with Crippen LogP contribution in [0.1, 0.15) is 49.9 Å². The lowest BCUT2D eigenvalue weighted by atomic mass is 9.94. The van der Waals surface area contributed by atoms with Crippen LogP contribution in [0, 0.1) is 23.2 Å². The van der Waals surface area contributed by atoms with E-state index in [1.165, 1.54) is 30.5 Å². The number of rotatable bonds is 2. The maximum absolute atomic E-state index is 9.44. The van der Waals surface area contributed by atoms with E-state index in [9.17, 15) is 5.26 Å². The van der Waals surface area contributed by atoms with Crippen LogP contribution in [0.15, 0.2) is 6.07 Å². The summed E-state index contributed by atoms with van der Waals surface area (Å²) in [7, 11) is 0. The van der Waals surface area contributed by atoms with E-state index < -0.39 is 0 Å². The molecule has 1 saturated heterocycles. The van der Waals surface area contributed by atoms with Gasteiger partial charge in [0.2, 0.25) is 0 Å². The molecule has 0 saturated carbocycles. The Morgan fingerprint density at radius 3 is 2.85 bits per heavy atom. The SMILES string of the molecule is CC(C)C1CCN(c2nc3c(cc2C#N)CCCC3)C1. The molecular formula is C17H23N3. The standard InChI is InChI=1S/C17H23N3/c1-12(2)14-7-8-20(11-14)17-15(10-18)9-13-5-3-4-6-16(13)19-17/h9,12,14H,3-8,11H2,1-2H3. The number of anilines is 1. The summed E-state index contributed by atoms with van der Waals surface area (Å²) in [4.78, 5) is 7.19. The number of hydrogen-bond donors (Lipinski definition) is 0. The Morgan fingerprint density at radius 2 is 2.15 bits per heavy atom. The Balaban J connectivity index is 1.91. The topological polar surface area (TPSA) is 39.9 Å². The molecule has 2 heterocycles. The van der Waals surface area contributed by atoms with Gasteiger partial charge < -0.3 is 4.90 Å². The van der Waals surface area contributed by atoms with Crippen molar-refractivity contribution in [3.05, 3.63) is 22.9 Å². The Kier molecular flexibility index (Phi) is 3.65. The van der Waals surface area contributed by atoms with Gasteiger partial charge in [-0.1, -0.05) is 13.8 Å². The van der Waals surface area contributed by atoms with Gasteiger partial charge in [-0.2, -0.15) is 5.26 Å². The fraction of sp³-hybridized carbons (Fsp3) is 0.647. The number of pyridine rings is 1. The second-order valence-electron chi connectivity index (χ2n) is 6.52. The summed E-state index contributed by atoms with van der Waals surface area (Å²) in [5.41, 5.74) is 3.31. The van der Waals surface area contributed by atoms with Crippen molar-refractivity contribution >= 4 is 5.82 Å². The van der Waals surface area contributed by atoms with Gasteiger partial charge in [-0.3, -0.25) is 0 Å². The average Bonchev–Trinajstić information content (AvgIpc) is 2.95. The number of aryl methyl sites for hydroxylation is 2. The van der Waals surface area contributed by atoms with Gasteiger partial charge in [-0.05, 0) is 55.6 Å². The van der Waals surface area contributed by atoms with E-state index in [1.807, 2.05) is 0 Å². The summed E-state index contributed by atoms with van der Waals surface area (Å²) in [5.74, 6) is 2.39. The summed E-state index contributed by atoms with van der Waals surface area (Å²) >= 11 is 0. The first-order valence-electron chi connectivity index (χ1n) is 7.87. The number of fused-ring (bicyclic) bond motifs is 1. The predicted molar refractivity (Wildman–Crippen MR) is 80.8 cm³/mol. The van der Waals surface area contributed by atoms with Crippen molar-refractivity contribution in [3.63, 3.8) is 0 Å².